The van der Waals surface area contributed by atoms with Gasteiger partial charge in [0.2, 0.25) is 0 Å². The molecule has 2 heteroatoms. The normalized spacial score (nSPS) is 32.7. The third-order valence-electron chi connectivity index (χ3n) is 2.18. The van der Waals surface area contributed by atoms with Gasteiger partial charge in [0.1, 0.15) is 0 Å². The Bertz CT molecular complexity index is 112. The van der Waals surface area contributed by atoms with Gasteiger partial charge in [0.25, 0.3) is 0 Å². The standard InChI is InChI=1S/C9H18IN/c1-7(2)6-8-4-3-5-9(10)11-8/h7-9,11H,3-6H2,1-2H3. The molecule has 2 unspecified atom stereocenters. The number of hydrogen-bond donors (Lipinski definition) is 1. The minimum Gasteiger partial charge on any atom is -0.303 e. The number of piperidine rings is 1. The van der Waals surface area contributed by atoms with Crippen molar-refractivity contribution >= 4 is 22.6 Å². The van der Waals surface area contributed by atoms with Gasteiger partial charge in [0.05, 0.1) is 4.05 Å². The number of halogens is 1. The molecular formula is C9H18IN. The lowest BCUT2D eigenvalue weighted by Crippen LogP contribution is -2.39. The number of nitrogens with one attached hydrogen (secondary N) is 1. The third kappa shape index (κ3) is 3.74. The van der Waals surface area contributed by atoms with Crippen molar-refractivity contribution in [2.24, 2.45) is 5.92 Å². The Morgan fingerprint density at radius 3 is 2.73 bits per heavy atom. The van der Waals surface area contributed by atoms with E-state index < -0.39 is 0 Å². The van der Waals surface area contributed by atoms with Crippen molar-refractivity contribution in [1.29, 1.82) is 0 Å². The van der Waals surface area contributed by atoms with Gasteiger partial charge >= 0.3 is 0 Å². The first-order chi connectivity index (χ1) is 5.18. The molecule has 1 heterocycles. The zero-order chi connectivity index (χ0) is 8.27. The van der Waals surface area contributed by atoms with E-state index in [9.17, 15) is 0 Å². The van der Waals surface area contributed by atoms with E-state index in [1.54, 1.807) is 0 Å². The SMILES string of the molecule is CC(C)CC1CCCC(I)N1. The highest BCUT2D eigenvalue weighted by Gasteiger charge is 2.18. The molecule has 0 aromatic rings. The first-order valence-corrected chi connectivity index (χ1v) is 5.83. The fraction of sp³-hybridized carbons (Fsp3) is 1.00. The largest absolute Gasteiger partial charge is 0.303 e. The molecule has 1 saturated heterocycles. The minimum atomic E-state index is 0.727. The van der Waals surface area contributed by atoms with E-state index in [-0.39, 0.29) is 0 Å². The lowest BCUT2D eigenvalue weighted by molar-refractivity contribution is 0.340. The lowest BCUT2D eigenvalue weighted by atomic mass is 9.96. The molecule has 0 amide bonds. The summed E-state index contributed by atoms with van der Waals surface area (Å²) in [6.45, 7) is 4.61. The molecule has 1 nitrogen and oxygen atoms in total. The summed E-state index contributed by atoms with van der Waals surface area (Å²) in [7, 11) is 0. The van der Waals surface area contributed by atoms with Crippen LogP contribution in [0.3, 0.4) is 0 Å². The average molecular weight is 267 g/mol. The smallest absolute Gasteiger partial charge is 0.0595 e. The highest BCUT2D eigenvalue weighted by molar-refractivity contribution is 14.1. The Kier molecular flexibility index (Phi) is 4.13. The summed E-state index contributed by atoms with van der Waals surface area (Å²) in [6, 6.07) is 0.797. The molecular weight excluding hydrogens is 249 g/mol. The summed E-state index contributed by atoms with van der Waals surface area (Å²) < 4.78 is 0.727. The molecule has 0 saturated carbocycles. The van der Waals surface area contributed by atoms with Crippen LogP contribution in [-0.4, -0.2) is 10.1 Å². The molecule has 0 bridgehead atoms. The predicted molar refractivity (Wildman–Crippen MR) is 58.0 cm³/mol. The van der Waals surface area contributed by atoms with E-state index in [0.717, 1.165) is 16.0 Å². The molecule has 0 radical (unpaired) electrons. The van der Waals surface area contributed by atoms with E-state index in [0.29, 0.717) is 0 Å². The van der Waals surface area contributed by atoms with Crippen LogP contribution >= 0.6 is 22.6 Å². The van der Waals surface area contributed by atoms with Crippen molar-refractivity contribution in [3.63, 3.8) is 0 Å². The predicted octanol–water partition coefficient (Wildman–Crippen LogP) is 2.94. The second kappa shape index (κ2) is 4.65. The Balaban J connectivity index is 2.23. The molecule has 1 fully saturated rings. The maximum Gasteiger partial charge on any atom is 0.0595 e. The molecule has 2 atom stereocenters. The molecule has 1 aliphatic heterocycles. The number of alkyl halides is 1. The molecule has 0 aliphatic carbocycles. The van der Waals surface area contributed by atoms with E-state index in [1.807, 2.05) is 0 Å². The zero-order valence-corrected chi connectivity index (χ0v) is 9.60. The number of hydrogen-bond acceptors (Lipinski definition) is 1. The summed E-state index contributed by atoms with van der Waals surface area (Å²) in [5.41, 5.74) is 0. The fourth-order valence-electron chi connectivity index (χ4n) is 1.72. The van der Waals surface area contributed by atoms with Crippen molar-refractivity contribution < 1.29 is 0 Å². The topological polar surface area (TPSA) is 12.0 Å². The van der Waals surface area contributed by atoms with Gasteiger partial charge in [-0.2, -0.15) is 0 Å². The van der Waals surface area contributed by atoms with Gasteiger partial charge in [0.15, 0.2) is 0 Å². The molecule has 0 spiro atoms. The minimum absolute atomic E-state index is 0.727. The van der Waals surface area contributed by atoms with Crippen LogP contribution in [0.1, 0.15) is 39.5 Å². The summed E-state index contributed by atoms with van der Waals surface area (Å²) >= 11 is 2.51. The summed E-state index contributed by atoms with van der Waals surface area (Å²) in [5, 5.41) is 3.63. The van der Waals surface area contributed by atoms with Gasteiger partial charge in [0, 0.05) is 6.04 Å². The second-order valence-corrected chi connectivity index (χ2v) is 5.40. The Hall–Kier alpha value is 0.690. The fourth-order valence-corrected chi connectivity index (χ4v) is 2.67. The zero-order valence-electron chi connectivity index (χ0n) is 7.44. The first kappa shape index (κ1) is 9.78. The summed E-state index contributed by atoms with van der Waals surface area (Å²) in [6.07, 6.45) is 5.50. The van der Waals surface area contributed by atoms with E-state index >= 15 is 0 Å². The second-order valence-electron chi connectivity index (χ2n) is 3.89. The van der Waals surface area contributed by atoms with Crippen LogP contribution in [0.5, 0.6) is 0 Å². The van der Waals surface area contributed by atoms with Gasteiger partial charge in [-0.3, -0.25) is 0 Å². The van der Waals surface area contributed by atoms with Crippen LogP contribution in [0.25, 0.3) is 0 Å². The van der Waals surface area contributed by atoms with E-state index in [4.69, 9.17) is 0 Å². The summed E-state index contributed by atoms with van der Waals surface area (Å²) in [5.74, 6) is 0.842. The molecule has 1 rings (SSSR count). The molecule has 11 heavy (non-hydrogen) atoms. The average Bonchev–Trinajstić information content (AvgIpc) is 1.85. The lowest BCUT2D eigenvalue weighted by Gasteiger charge is -2.28. The van der Waals surface area contributed by atoms with Crippen molar-refractivity contribution in [3.8, 4) is 0 Å². The van der Waals surface area contributed by atoms with Gasteiger partial charge in [-0.25, -0.2) is 0 Å². The Morgan fingerprint density at radius 2 is 2.18 bits per heavy atom. The van der Waals surface area contributed by atoms with Gasteiger partial charge in [-0.15, -0.1) is 0 Å². The van der Waals surface area contributed by atoms with Crippen molar-refractivity contribution in [3.05, 3.63) is 0 Å². The first-order valence-electron chi connectivity index (χ1n) is 4.58. The van der Waals surface area contributed by atoms with Crippen LogP contribution in [0.2, 0.25) is 0 Å². The van der Waals surface area contributed by atoms with Crippen LogP contribution in [-0.2, 0) is 0 Å². The van der Waals surface area contributed by atoms with Crippen LogP contribution in [0.15, 0.2) is 0 Å². The quantitative estimate of drug-likeness (QED) is 0.461. The Labute approximate surface area is 83.5 Å². The Morgan fingerprint density at radius 1 is 1.45 bits per heavy atom. The van der Waals surface area contributed by atoms with Gasteiger partial charge < -0.3 is 5.32 Å². The summed E-state index contributed by atoms with van der Waals surface area (Å²) in [4.78, 5) is 0. The van der Waals surface area contributed by atoms with E-state index in [1.165, 1.54) is 25.7 Å². The van der Waals surface area contributed by atoms with Gasteiger partial charge in [-0.05, 0) is 31.6 Å². The van der Waals surface area contributed by atoms with Crippen LogP contribution < -0.4 is 5.32 Å². The van der Waals surface area contributed by atoms with Crippen LogP contribution in [0, 0.1) is 5.92 Å². The van der Waals surface area contributed by atoms with Crippen molar-refractivity contribution in [1.82, 2.24) is 5.32 Å². The highest BCUT2D eigenvalue weighted by atomic mass is 127. The monoisotopic (exact) mass is 267 g/mol. The third-order valence-corrected chi connectivity index (χ3v) is 3.17. The molecule has 0 aromatic heterocycles. The molecule has 66 valence electrons. The van der Waals surface area contributed by atoms with Crippen molar-refractivity contribution in [2.45, 2.75) is 49.6 Å². The number of rotatable bonds is 2. The molecule has 1 N–H and O–H groups in total. The van der Waals surface area contributed by atoms with Gasteiger partial charge in [-0.1, -0.05) is 36.4 Å². The van der Waals surface area contributed by atoms with Crippen LogP contribution in [0.4, 0.5) is 0 Å². The van der Waals surface area contributed by atoms with E-state index in [2.05, 4.69) is 41.8 Å². The molecule has 1 aliphatic rings. The molecule has 0 aromatic carbocycles. The maximum absolute atomic E-state index is 3.63. The maximum atomic E-state index is 3.63. The van der Waals surface area contributed by atoms with Crippen molar-refractivity contribution in [2.75, 3.05) is 0 Å². The highest BCUT2D eigenvalue weighted by Crippen LogP contribution is 2.20.